The Morgan fingerprint density at radius 3 is 2.65 bits per heavy atom. The van der Waals surface area contributed by atoms with E-state index in [9.17, 15) is 4.39 Å². The number of hydrogen-bond donors (Lipinski definition) is 1. The lowest BCUT2D eigenvalue weighted by molar-refractivity contribution is 0.611. The average molecular weight is 338 g/mol. The molecule has 106 valence electrons. The Morgan fingerprint density at radius 1 is 1.25 bits per heavy atom. The van der Waals surface area contributed by atoms with Crippen molar-refractivity contribution in [2.24, 2.45) is 0 Å². The lowest BCUT2D eigenvalue weighted by atomic mass is 10.1. The van der Waals surface area contributed by atoms with E-state index in [-0.39, 0.29) is 5.82 Å². The number of aromatic nitrogens is 2. The van der Waals surface area contributed by atoms with Gasteiger partial charge < -0.3 is 5.32 Å². The lowest BCUT2D eigenvalue weighted by Gasteiger charge is -2.11. The fourth-order valence-electron chi connectivity index (χ4n) is 2.00. The smallest absolute Gasteiger partial charge is 0.144 e. The Morgan fingerprint density at radius 2 is 2.00 bits per heavy atom. The third-order valence-electron chi connectivity index (χ3n) is 3.00. The number of anilines is 1. The number of aryl methyl sites for hydroxylation is 1. The third kappa shape index (κ3) is 3.33. The summed E-state index contributed by atoms with van der Waals surface area (Å²) in [5.74, 6) is 1.16. The molecular formula is C15H17BrFN3. The summed E-state index contributed by atoms with van der Waals surface area (Å²) in [4.78, 5) is 8.98. The van der Waals surface area contributed by atoms with Gasteiger partial charge in [0.15, 0.2) is 0 Å². The number of nitrogens with one attached hydrogen (secondary N) is 1. The summed E-state index contributed by atoms with van der Waals surface area (Å²) in [5.41, 5.74) is 1.57. The van der Waals surface area contributed by atoms with E-state index in [2.05, 4.69) is 38.1 Å². The van der Waals surface area contributed by atoms with Crippen molar-refractivity contribution in [1.82, 2.24) is 9.97 Å². The van der Waals surface area contributed by atoms with Crippen LogP contribution < -0.4 is 5.32 Å². The van der Waals surface area contributed by atoms with Gasteiger partial charge in [0, 0.05) is 13.5 Å². The first-order valence-corrected chi connectivity index (χ1v) is 7.41. The van der Waals surface area contributed by atoms with E-state index in [0.717, 1.165) is 28.8 Å². The van der Waals surface area contributed by atoms with Crippen LogP contribution in [0.1, 0.15) is 30.4 Å². The Bertz CT molecular complexity index is 602. The van der Waals surface area contributed by atoms with Gasteiger partial charge in [0.2, 0.25) is 0 Å². The molecule has 1 heterocycles. The average Bonchev–Trinajstić information content (AvgIpc) is 2.45. The molecule has 0 saturated heterocycles. The van der Waals surface area contributed by atoms with Crippen molar-refractivity contribution in [3.05, 3.63) is 51.6 Å². The number of nitrogens with zero attached hydrogens (tertiary/aromatic N) is 2. The highest BCUT2D eigenvalue weighted by Crippen LogP contribution is 2.25. The Balaban J connectivity index is 2.37. The molecule has 0 bridgehead atoms. The van der Waals surface area contributed by atoms with Gasteiger partial charge in [-0.05, 0) is 34.0 Å². The van der Waals surface area contributed by atoms with Crippen LogP contribution in [0.25, 0.3) is 0 Å². The summed E-state index contributed by atoms with van der Waals surface area (Å²) in [7, 11) is 1.82. The molecule has 0 saturated carbocycles. The normalized spacial score (nSPS) is 10.6. The van der Waals surface area contributed by atoms with Crippen LogP contribution in [0.5, 0.6) is 0 Å². The summed E-state index contributed by atoms with van der Waals surface area (Å²) in [6.07, 6.45) is 2.26. The molecule has 20 heavy (non-hydrogen) atoms. The van der Waals surface area contributed by atoms with Gasteiger partial charge in [0.25, 0.3) is 0 Å². The van der Waals surface area contributed by atoms with Crippen molar-refractivity contribution in [2.45, 2.75) is 26.2 Å². The molecule has 0 amide bonds. The van der Waals surface area contributed by atoms with Gasteiger partial charge >= 0.3 is 0 Å². The number of rotatable bonds is 5. The van der Waals surface area contributed by atoms with Crippen LogP contribution in [0.4, 0.5) is 10.2 Å². The van der Waals surface area contributed by atoms with E-state index in [0.29, 0.717) is 17.8 Å². The monoisotopic (exact) mass is 337 g/mol. The summed E-state index contributed by atoms with van der Waals surface area (Å²) >= 11 is 3.51. The number of benzene rings is 1. The topological polar surface area (TPSA) is 37.8 Å². The Kier molecular flexibility index (Phi) is 5.06. The minimum atomic E-state index is -0.220. The fraction of sp³-hybridized carbons (Fsp3) is 0.333. The fourth-order valence-corrected chi connectivity index (χ4v) is 2.58. The molecule has 2 rings (SSSR count). The second kappa shape index (κ2) is 6.79. The first kappa shape index (κ1) is 14.9. The van der Waals surface area contributed by atoms with Crippen LogP contribution in [0.15, 0.2) is 28.7 Å². The van der Waals surface area contributed by atoms with E-state index in [1.807, 2.05) is 13.1 Å². The molecule has 0 radical (unpaired) electrons. The predicted molar refractivity (Wildman–Crippen MR) is 82.5 cm³/mol. The largest absolute Gasteiger partial charge is 0.372 e. The van der Waals surface area contributed by atoms with Crippen molar-refractivity contribution in [3.8, 4) is 0 Å². The molecule has 2 aromatic rings. The maximum atomic E-state index is 13.7. The SMILES string of the molecule is CCCc1nc(Cc2ccccc2F)nc(NC)c1Br. The molecular weight excluding hydrogens is 321 g/mol. The molecule has 0 fully saturated rings. The van der Waals surface area contributed by atoms with Gasteiger partial charge in [-0.15, -0.1) is 0 Å². The second-order valence-electron chi connectivity index (χ2n) is 4.52. The number of hydrogen-bond acceptors (Lipinski definition) is 3. The first-order chi connectivity index (χ1) is 9.65. The van der Waals surface area contributed by atoms with Crippen molar-refractivity contribution in [1.29, 1.82) is 0 Å². The predicted octanol–water partition coefficient (Wildman–Crippen LogP) is 3.96. The van der Waals surface area contributed by atoms with Crippen molar-refractivity contribution < 1.29 is 4.39 Å². The molecule has 1 N–H and O–H groups in total. The zero-order chi connectivity index (χ0) is 14.5. The van der Waals surface area contributed by atoms with E-state index in [4.69, 9.17) is 0 Å². The highest BCUT2D eigenvalue weighted by atomic mass is 79.9. The summed E-state index contributed by atoms with van der Waals surface area (Å²) in [6.45, 7) is 2.10. The molecule has 3 nitrogen and oxygen atoms in total. The molecule has 0 atom stereocenters. The zero-order valence-corrected chi connectivity index (χ0v) is 13.2. The van der Waals surface area contributed by atoms with Crippen LogP contribution in [-0.4, -0.2) is 17.0 Å². The van der Waals surface area contributed by atoms with E-state index in [1.54, 1.807) is 12.1 Å². The van der Waals surface area contributed by atoms with E-state index < -0.39 is 0 Å². The third-order valence-corrected chi connectivity index (χ3v) is 3.83. The molecule has 0 aliphatic carbocycles. The van der Waals surface area contributed by atoms with Crippen molar-refractivity contribution >= 4 is 21.7 Å². The van der Waals surface area contributed by atoms with Crippen LogP contribution >= 0.6 is 15.9 Å². The van der Waals surface area contributed by atoms with E-state index >= 15 is 0 Å². The van der Waals surface area contributed by atoms with Crippen LogP contribution in [0, 0.1) is 5.82 Å². The van der Waals surface area contributed by atoms with Crippen molar-refractivity contribution in [2.75, 3.05) is 12.4 Å². The van der Waals surface area contributed by atoms with Gasteiger partial charge in [0.1, 0.15) is 17.5 Å². The van der Waals surface area contributed by atoms with Crippen LogP contribution in [0.3, 0.4) is 0 Å². The first-order valence-electron chi connectivity index (χ1n) is 6.62. The lowest BCUT2D eigenvalue weighted by Crippen LogP contribution is -2.07. The van der Waals surface area contributed by atoms with Gasteiger partial charge in [0.05, 0.1) is 10.2 Å². The number of halogens is 2. The zero-order valence-electron chi connectivity index (χ0n) is 11.6. The Labute approximate surface area is 126 Å². The highest BCUT2D eigenvalue weighted by Gasteiger charge is 2.12. The minimum absolute atomic E-state index is 0.220. The van der Waals surface area contributed by atoms with Gasteiger partial charge in [-0.1, -0.05) is 31.5 Å². The van der Waals surface area contributed by atoms with Gasteiger partial charge in [-0.2, -0.15) is 0 Å². The highest BCUT2D eigenvalue weighted by molar-refractivity contribution is 9.10. The summed E-state index contributed by atoms with van der Waals surface area (Å²) < 4.78 is 14.6. The summed E-state index contributed by atoms with van der Waals surface area (Å²) in [6, 6.07) is 6.73. The quantitative estimate of drug-likeness (QED) is 0.897. The Hall–Kier alpha value is -1.49. The van der Waals surface area contributed by atoms with Gasteiger partial charge in [-0.25, -0.2) is 14.4 Å². The molecule has 0 spiro atoms. The summed E-state index contributed by atoms with van der Waals surface area (Å²) in [5, 5.41) is 3.04. The van der Waals surface area contributed by atoms with E-state index in [1.165, 1.54) is 6.07 Å². The van der Waals surface area contributed by atoms with Crippen molar-refractivity contribution in [3.63, 3.8) is 0 Å². The second-order valence-corrected chi connectivity index (χ2v) is 5.31. The van der Waals surface area contributed by atoms with Crippen LogP contribution in [0.2, 0.25) is 0 Å². The molecule has 1 aromatic heterocycles. The molecule has 0 unspecified atom stereocenters. The molecule has 0 aliphatic rings. The molecule has 0 aliphatic heterocycles. The molecule has 5 heteroatoms. The minimum Gasteiger partial charge on any atom is -0.372 e. The van der Waals surface area contributed by atoms with Crippen LogP contribution in [-0.2, 0) is 12.8 Å². The molecule has 1 aromatic carbocycles. The standard InChI is InChI=1S/C15H17BrFN3/c1-3-6-12-14(16)15(18-2)20-13(19-12)9-10-7-4-5-8-11(10)17/h4-5,7-8H,3,6,9H2,1-2H3,(H,18,19,20). The maximum Gasteiger partial charge on any atom is 0.144 e. The maximum absolute atomic E-state index is 13.7. The van der Waals surface area contributed by atoms with Gasteiger partial charge in [-0.3, -0.25) is 0 Å².